The summed E-state index contributed by atoms with van der Waals surface area (Å²) in [4.78, 5) is 4.08. The molecule has 0 aliphatic carbocycles. The van der Waals surface area contributed by atoms with Gasteiger partial charge >= 0.3 is 0 Å². The summed E-state index contributed by atoms with van der Waals surface area (Å²) < 4.78 is 32.1. The fourth-order valence-corrected chi connectivity index (χ4v) is 5.27. The van der Waals surface area contributed by atoms with Gasteiger partial charge in [-0.1, -0.05) is 0 Å². The molecule has 21 heteroatoms. The standard InChI is InChI=1S/C26H47NO20/c1-8-27-13-16(35)22(12(7-30)45-25(13)43-8)46-24(41)20(39)21(47-26-19(38)17(36)15(34)11(6-29)44-26)10(32)3-5-42-23(40)18(37)14(33)9(31)2-4-28/h9-26,28-41H,2-7H2,1H3/t9-,10-,11+,12?,13?,14+,15-,16-,17?,18?,19?,20?,21+,22-,23-,24+,25-,26-/m1/s1. The van der Waals surface area contributed by atoms with Gasteiger partial charge < -0.3 is 99.9 Å². The van der Waals surface area contributed by atoms with Crippen LogP contribution in [0.2, 0.25) is 0 Å². The maximum absolute atomic E-state index is 11.1. The normalized spacial score (nSPS) is 37.9. The highest BCUT2D eigenvalue weighted by Gasteiger charge is 2.52. The minimum absolute atomic E-state index is 0.170. The number of ether oxygens (including phenoxy) is 6. The van der Waals surface area contributed by atoms with Crippen molar-refractivity contribution in [2.75, 3.05) is 26.4 Å². The summed E-state index contributed by atoms with van der Waals surface area (Å²) in [7, 11) is 0. The Morgan fingerprint density at radius 3 is 1.98 bits per heavy atom. The van der Waals surface area contributed by atoms with Crippen LogP contribution in [-0.2, 0) is 28.4 Å². The van der Waals surface area contributed by atoms with Crippen LogP contribution in [0.5, 0.6) is 0 Å². The zero-order chi connectivity index (χ0) is 35.2. The molecule has 0 aromatic heterocycles. The van der Waals surface area contributed by atoms with Crippen LogP contribution in [0.3, 0.4) is 0 Å². The largest absolute Gasteiger partial charge is 0.450 e. The van der Waals surface area contributed by atoms with Crippen molar-refractivity contribution in [3.63, 3.8) is 0 Å². The summed E-state index contributed by atoms with van der Waals surface area (Å²) >= 11 is 0. The highest BCUT2D eigenvalue weighted by molar-refractivity contribution is 5.75. The molecule has 276 valence electrons. The summed E-state index contributed by atoms with van der Waals surface area (Å²) in [6.45, 7) is -1.26. The van der Waals surface area contributed by atoms with Crippen molar-refractivity contribution < 1.29 is 99.9 Å². The SMILES string of the molecule is CC1=NC2[C@H](O1)OC(CO)[C@@H](O[C@H](O)C(O)[C@@H](O[C@H]1O[C@@H](CO)[C@@H](O)C(O)C1O)[C@H](O)CCO[C@@H](O)C(O)[C@@H](O)[C@H](O)CCO)[C@@H]2O. The fraction of sp³-hybridized carbons (Fsp3) is 0.962. The molecule has 47 heavy (non-hydrogen) atoms. The van der Waals surface area contributed by atoms with Gasteiger partial charge in [0.15, 0.2) is 24.8 Å². The zero-order valence-corrected chi connectivity index (χ0v) is 25.3. The van der Waals surface area contributed by atoms with Gasteiger partial charge in [0.05, 0.1) is 32.0 Å². The van der Waals surface area contributed by atoms with E-state index in [0.29, 0.717) is 0 Å². The van der Waals surface area contributed by atoms with Crippen LogP contribution in [-0.4, -0.2) is 214 Å². The first kappa shape index (κ1) is 40.1. The molecule has 0 spiro atoms. The molecule has 3 rings (SSSR count). The van der Waals surface area contributed by atoms with Crippen molar-refractivity contribution in [3.8, 4) is 0 Å². The topological polar surface area (TPSA) is 351 Å². The Morgan fingerprint density at radius 2 is 1.36 bits per heavy atom. The quantitative estimate of drug-likeness (QED) is 0.0592. The molecule has 0 amide bonds. The monoisotopic (exact) mass is 693 g/mol. The summed E-state index contributed by atoms with van der Waals surface area (Å²) in [5.41, 5.74) is 0. The molecular weight excluding hydrogens is 646 g/mol. The van der Waals surface area contributed by atoms with E-state index in [1.807, 2.05) is 0 Å². The molecule has 21 nitrogen and oxygen atoms in total. The Balaban J connectivity index is 1.74. The first-order valence-electron chi connectivity index (χ1n) is 14.9. The van der Waals surface area contributed by atoms with E-state index in [2.05, 4.69) is 4.99 Å². The Labute approximate surface area is 268 Å². The minimum atomic E-state index is -2.34. The Hall–Kier alpha value is -1.29. The van der Waals surface area contributed by atoms with Crippen molar-refractivity contribution in [2.45, 2.75) is 130 Å². The molecule has 2 saturated heterocycles. The van der Waals surface area contributed by atoms with E-state index >= 15 is 0 Å². The van der Waals surface area contributed by atoms with E-state index in [0.717, 1.165) is 0 Å². The molecule has 3 heterocycles. The lowest BCUT2D eigenvalue weighted by atomic mass is 9.97. The third-order valence-electron chi connectivity index (χ3n) is 8.05. The van der Waals surface area contributed by atoms with Crippen molar-refractivity contribution in [1.82, 2.24) is 0 Å². The van der Waals surface area contributed by atoms with Gasteiger partial charge in [-0.3, -0.25) is 0 Å². The predicted octanol–water partition coefficient (Wildman–Crippen LogP) is -8.32. The van der Waals surface area contributed by atoms with Crippen LogP contribution < -0.4 is 0 Å². The molecule has 3 aliphatic heterocycles. The zero-order valence-electron chi connectivity index (χ0n) is 25.3. The van der Waals surface area contributed by atoms with Crippen LogP contribution >= 0.6 is 0 Å². The predicted molar refractivity (Wildman–Crippen MR) is 148 cm³/mol. The lowest BCUT2D eigenvalue weighted by Crippen LogP contribution is -2.62. The second kappa shape index (κ2) is 18.1. The highest BCUT2D eigenvalue weighted by Crippen LogP contribution is 2.32. The van der Waals surface area contributed by atoms with E-state index in [1.165, 1.54) is 6.92 Å². The molecule has 3 aliphatic rings. The van der Waals surface area contributed by atoms with E-state index in [1.54, 1.807) is 0 Å². The molecule has 0 aromatic rings. The Bertz CT molecular complexity index is 963. The van der Waals surface area contributed by atoms with Crippen molar-refractivity contribution >= 4 is 5.90 Å². The average Bonchev–Trinajstić information content (AvgIpc) is 3.43. The number of aliphatic hydroxyl groups excluding tert-OH is 14. The van der Waals surface area contributed by atoms with Gasteiger partial charge in [0.25, 0.3) is 0 Å². The van der Waals surface area contributed by atoms with Crippen LogP contribution in [0.4, 0.5) is 0 Å². The first-order chi connectivity index (χ1) is 22.2. The van der Waals surface area contributed by atoms with Gasteiger partial charge in [-0.15, -0.1) is 0 Å². The molecule has 0 aromatic carbocycles. The smallest absolute Gasteiger partial charge is 0.227 e. The lowest BCUT2D eigenvalue weighted by Gasteiger charge is -2.43. The van der Waals surface area contributed by atoms with Crippen molar-refractivity contribution in [3.05, 3.63) is 0 Å². The summed E-state index contributed by atoms with van der Waals surface area (Å²) in [6.07, 6.45) is -31.7. The van der Waals surface area contributed by atoms with E-state index in [-0.39, 0.29) is 12.3 Å². The van der Waals surface area contributed by atoms with Gasteiger partial charge in [-0.2, -0.15) is 0 Å². The molecular formula is C26H47NO20. The maximum atomic E-state index is 11.1. The number of hydrogen-bond donors (Lipinski definition) is 14. The van der Waals surface area contributed by atoms with Crippen LogP contribution in [0.25, 0.3) is 0 Å². The molecule has 0 bridgehead atoms. The molecule has 6 unspecified atom stereocenters. The molecule has 14 N–H and O–H groups in total. The number of nitrogens with zero attached hydrogens (tertiary/aromatic N) is 1. The van der Waals surface area contributed by atoms with Crippen molar-refractivity contribution in [2.24, 2.45) is 4.99 Å². The summed E-state index contributed by atoms with van der Waals surface area (Å²) in [5.74, 6) is 0.170. The number of aliphatic imine (C=N–C) groups is 1. The maximum Gasteiger partial charge on any atom is 0.227 e. The summed E-state index contributed by atoms with van der Waals surface area (Å²) in [6, 6.07) is -1.03. The van der Waals surface area contributed by atoms with Gasteiger partial charge in [0, 0.05) is 13.5 Å². The first-order valence-corrected chi connectivity index (χ1v) is 14.9. The third kappa shape index (κ3) is 9.70. The fourth-order valence-electron chi connectivity index (χ4n) is 5.27. The number of aliphatic hydroxyl groups is 14. The number of rotatable bonds is 18. The highest BCUT2D eigenvalue weighted by atomic mass is 16.7. The van der Waals surface area contributed by atoms with Gasteiger partial charge in [-0.05, 0) is 12.8 Å². The van der Waals surface area contributed by atoms with Gasteiger partial charge in [0.2, 0.25) is 6.29 Å². The number of fused-ring (bicyclic) bond motifs is 1. The average molecular weight is 694 g/mol. The second-order valence-electron chi connectivity index (χ2n) is 11.4. The lowest BCUT2D eigenvalue weighted by molar-refractivity contribution is -0.339. The Kier molecular flexibility index (Phi) is 15.5. The van der Waals surface area contributed by atoms with Gasteiger partial charge in [0.1, 0.15) is 73.2 Å². The van der Waals surface area contributed by atoms with Crippen LogP contribution in [0.15, 0.2) is 4.99 Å². The van der Waals surface area contributed by atoms with Crippen LogP contribution in [0, 0.1) is 0 Å². The molecule has 2 fully saturated rings. The van der Waals surface area contributed by atoms with E-state index < -0.39 is 143 Å². The van der Waals surface area contributed by atoms with E-state index in [4.69, 9.17) is 33.5 Å². The molecule has 0 radical (unpaired) electrons. The van der Waals surface area contributed by atoms with E-state index in [9.17, 15) is 66.4 Å². The second-order valence-corrected chi connectivity index (χ2v) is 11.4. The molecule has 18 atom stereocenters. The summed E-state index contributed by atoms with van der Waals surface area (Å²) in [5, 5.41) is 142. The van der Waals surface area contributed by atoms with Crippen LogP contribution in [0.1, 0.15) is 19.8 Å². The Morgan fingerprint density at radius 1 is 0.702 bits per heavy atom. The molecule has 0 saturated carbocycles. The van der Waals surface area contributed by atoms with Crippen molar-refractivity contribution in [1.29, 1.82) is 0 Å². The number of hydrogen-bond acceptors (Lipinski definition) is 21. The third-order valence-corrected chi connectivity index (χ3v) is 8.05. The minimum Gasteiger partial charge on any atom is -0.450 e. The van der Waals surface area contributed by atoms with Gasteiger partial charge in [-0.25, -0.2) is 4.99 Å².